The van der Waals surface area contributed by atoms with Gasteiger partial charge in [-0.25, -0.2) is 0 Å². The highest BCUT2D eigenvalue weighted by Crippen LogP contribution is 2.21. The zero-order valence-corrected chi connectivity index (χ0v) is 14.1. The van der Waals surface area contributed by atoms with Gasteiger partial charge in [-0.1, -0.05) is 56.3 Å². The van der Waals surface area contributed by atoms with E-state index in [0.717, 1.165) is 23.3 Å². The average molecular weight is 311 g/mol. The molecule has 0 aliphatic rings. The maximum atomic E-state index is 12.4. The summed E-state index contributed by atoms with van der Waals surface area (Å²) in [7, 11) is 1.64. The Kier molecular flexibility index (Phi) is 6.21. The molecule has 0 saturated heterocycles. The van der Waals surface area contributed by atoms with Crippen molar-refractivity contribution in [2.24, 2.45) is 5.92 Å². The summed E-state index contributed by atoms with van der Waals surface area (Å²) in [5.74, 6) is 1.36. The number of methoxy groups -OCH3 is 1. The van der Waals surface area contributed by atoms with Crippen LogP contribution in [0, 0.1) is 5.92 Å². The van der Waals surface area contributed by atoms with Crippen molar-refractivity contribution < 1.29 is 9.53 Å². The Bertz CT molecular complexity index is 605. The predicted molar refractivity (Wildman–Crippen MR) is 93.5 cm³/mol. The number of amides is 1. The lowest BCUT2D eigenvalue weighted by molar-refractivity contribution is -0.121. The van der Waals surface area contributed by atoms with Crippen LogP contribution in [0.25, 0.3) is 0 Å². The van der Waals surface area contributed by atoms with Crippen molar-refractivity contribution >= 4 is 5.91 Å². The van der Waals surface area contributed by atoms with Gasteiger partial charge in [0.2, 0.25) is 5.91 Å². The van der Waals surface area contributed by atoms with Gasteiger partial charge in [-0.2, -0.15) is 0 Å². The highest BCUT2D eigenvalue weighted by atomic mass is 16.5. The second-order valence-electron chi connectivity index (χ2n) is 6.19. The molecule has 2 aromatic rings. The van der Waals surface area contributed by atoms with Crippen LogP contribution < -0.4 is 10.1 Å². The smallest absolute Gasteiger partial charge is 0.224 e. The molecule has 3 nitrogen and oxygen atoms in total. The number of benzene rings is 2. The Morgan fingerprint density at radius 1 is 1.04 bits per heavy atom. The second-order valence-corrected chi connectivity index (χ2v) is 6.19. The van der Waals surface area contributed by atoms with Crippen LogP contribution in [0.3, 0.4) is 0 Å². The molecule has 0 radical (unpaired) electrons. The van der Waals surface area contributed by atoms with Gasteiger partial charge in [0.05, 0.1) is 19.6 Å². The highest BCUT2D eigenvalue weighted by molar-refractivity contribution is 5.79. The summed E-state index contributed by atoms with van der Waals surface area (Å²) in [6.07, 6.45) is 1.31. The Labute approximate surface area is 138 Å². The van der Waals surface area contributed by atoms with Crippen LogP contribution in [-0.2, 0) is 11.2 Å². The van der Waals surface area contributed by atoms with E-state index >= 15 is 0 Å². The SMILES string of the molecule is COc1ccc(CC(=O)N[C@H](CC(C)C)c2ccccc2)cc1. The summed E-state index contributed by atoms with van der Waals surface area (Å²) in [6, 6.07) is 17.8. The number of carbonyl (C=O) groups is 1. The first kappa shape index (κ1) is 17.1. The first-order valence-corrected chi connectivity index (χ1v) is 8.05. The largest absolute Gasteiger partial charge is 0.497 e. The number of hydrogen-bond acceptors (Lipinski definition) is 2. The molecule has 0 saturated carbocycles. The fraction of sp³-hybridized carbons (Fsp3) is 0.350. The molecule has 1 N–H and O–H groups in total. The molecule has 1 amide bonds. The quantitative estimate of drug-likeness (QED) is 0.834. The van der Waals surface area contributed by atoms with Crippen molar-refractivity contribution in [3.8, 4) is 5.75 Å². The molecule has 3 heteroatoms. The van der Waals surface area contributed by atoms with Crippen molar-refractivity contribution in [2.75, 3.05) is 7.11 Å². The van der Waals surface area contributed by atoms with Gasteiger partial charge in [0.1, 0.15) is 5.75 Å². The van der Waals surface area contributed by atoms with E-state index < -0.39 is 0 Å². The second kappa shape index (κ2) is 8.37. The van der Waals surface area contributed by atoms with E-state index in [1.165, 1.54) is 0 Å². The van der Waals surface area contributed by atoms with Gasteiger partial charge in [0.25, 0.3) is 0 Å². The Morgan fingerprint density at radius 3 is 2.26 bits per heavy atom. The van der Waals surface area contributed by atoms with Gasteiger partial charge in [-0.3, -0.25) is 4.79 Å². The van der Waals surface area contributed by atoms with Crippen LogP contribution in [-0.4, -0.2) is 13.0 Å². The third-order valence-corrected chi connectivity index (χ3v) is 3.77. The van der Waals surface area contributed by atoms with Crippen LogP contribution in [0.5, 0.6) is 5.75 Å². The van der Waals surface area contributed by atoms with Crippen LogP contribution in [0.4, 0.5) is 0 Å². The Morgan fingerprint density at radius 2 is 1.70 bits per heavy atom. The van der Waals surface area contributed by atoms with Gasteiger partial charge in [-0.15, -0.1) is 0 Å². The van der Waals surface area contributed by atoms with Crippen molar-refractivity contribution in [1.82, 2.24) is 5.32 Å². The lowest BCUT2D eigenvalue weighted by Gasteiger charge is -2.21. The van der Waals surface area contributed by atoms with Crippen molar-refractivity contribution in [3.63, 3.8) is 0 Å². The van der Waals surface area contributed by atoms with Crippen molar-refractivity contribution in [2.45, 2.75) is 32.7 Å². The lowest BCUT2D eigenvalue weighted by atomic mass is 9.96. The topological polar surface area (TPSA) is 38.3 Å². The molecule has 0 fully saturated rings. The van der Waals surface area contributed by atoms with E-state index in [9.17, 15) is 4.79 Å². The predicted octanol–water partition coefficient (Wildman–Crippen LogP) is 4.14. The molecule has 0 unspecified atom stereocenters. The fourth-order valence-corrected chi connectivity index (χ4v) is 2.61. The molecule has 0 aromatic heterocycles. The van der Waals surface area contributed by atoms with Crippen LogP contribution in [0.2, 0.25) is 0 Å². The molecule has 0 aliphatic carbocycles. The number of hydrogen-bond donors (Lipinski definition) is 1. The molecule has 0 bridgehead atoms. The third-order valence-electron chi connectivity index (χ3n) is 3.77. The van der Waals surface area contributed by atoms with E-state index in [-0.39, 0.29) is 11.9 Å². The van der Waals surface area contributed by atoms with E-state index in [4.69, 9.17) is 4.74 Å². The molecule has 0 aliphatic heterocycles. The van der Waals surface area contributed by atoms with Gasteiger partial charge in [0.15, 0.2) is 0 Å². The maximum Gasteiger partial charge on any atom is 0.224 e. The summed E-state index contributed by atoms with van der Waals surface area (Å²) in [5.41, 5.74) is 2.14. The fourth-order valence-electron chi connectivity index (χ4n) is 2.61. The monoisotopic (exact) mass is 311 g/mol. The van der Waals surface area contributed by atoms with E-state index in [1.54, 1.807) is 7.11 Å². The van der Waals surface area contributed by atoms with E-state index in [0.29, 0.717) is 12.3 Å². The standard InChI is InChI=1S/C20H25NO2/c1-15(2)13-19(17-7-5-4-6-8-17)21-20(22)14-16-9-11-18(23-3)12-10-16/h4-12,15,19H,13-14H2,1-3H3,(H,21,22)/t19-/m1/s1. The summed E-state index contributed by atoms with van der Waals surface area (Å²) in [6.45, 7) is 4.34. The zero-order valence-electron chi connectivity index (χ0n) is 14.1. The van der Waals surface area contributed by atoms with Gasteiger partial charge in [-0.05, 0) is 35.6 Å². The summed E-state index contributed by atoms with van der Waals surface area (Å²) in [5, 5.41) is 3.17. The summed E-state index contributed by atoms with van der Waals surface area (Å²) in [4.78, 5) is 12.4. The normalized spacial score (nSPS) is 12.0. The molecule has 2 aromatic carbocycles. The molecule has 0 spiro atoms. The molecule has 2 rings (SSSR count). The minimum atomic E-state index is 0.0460. The minimum Gasteiger partial charge on any atom is -0.497 e. The zero-order chi connectivity index (χ0) is 16.7. The summed E-state index contributed by atoms with van der Waals surface area (Å²) < 4.78 is 5.14. The van der Waals surface area contributed by atoms with Gasteiger partial charge in [0, 0.05) is 0 Å². The van der Waals surface area contributed by atoms with Gasteiger partial charge >= 0.3 is 0 Å². The third kappa shape index (κ3) is 5.44. The average Bonchev–Trinajstić information content (AvgIpc) is 2.55. The number of rotatable bonds is 7. The van der Waals surface area contributed by atoms with E-state index in [2.05, 4.69) is 31.3 Å². The number of nitrogens with one attached hydrogen (secondary N) is 1. The number of carbonyl (C=O) groups excluding carboxylic acids is 1. The molecular formula is C20H25NO2. The first-order valence-electron chi connectivity index (χ1n) is 8.05. The number of ether oxygens (including phenoxy) is 1. The van der Waals surface area contributed by atoms with Crippen LogP contribution in [0.15, 0.2) is 54.6 Å². The maximum absolute atomic E-state index is 12.4. The molecule has 122 valence electrons. The van der Waals surface area contributed by atoms with Gasteiger partial charge < -0.3 is 10.1 Å². The van der Waals surface area contributed by atoms with Crippen molar-refractivity contribution in [3.05, 3.63) is 65.7 Å². The molecule has 1 atom stereocenters. The minimum absolute atomic E-state index is 0.0460. The molecule has 0 heterocycles. The van der Waals surface area contributed by atoms with Crippen LogP contribution >= 0.6 is 0 Å². The van der Waals surface area contributed by atoms with Crippen LogP contribution in [0.1, 0.15) is 37.4 Å². The Hall–Kier alpha value is -2.29. The molecular weight excluding hydrogens is 286 g/mol. The lowest BCUT2D eigenvalue weighted by Crippen LogP contribution is -2.30. The Balaban J connectivity index is 2.02. The highest BCUT2D eigenvalue weighted by Gasteiger charge is 2.16. The molecule has 23 heavy (non-hydrogen) atoms. The van der Waals surface area contributed by atoms with Crippen molar-refractivity contribution in [1.29, 1.82) is 0 Å². The van der Waals surface area contributed by atoms with E-state index in [1.807, 2.05) is 42.5 Å². The summed E-state index contributed by atoms with van der Waals surface area (Å²) >= 11 is 0. The first-order chi connectivity index (χ1) is 11.1.